The highest BCUT2D eigenvalue weighted by Crippen LogP contribution is 2.31. The zero-order valence-electron chi connectivity index (χ0n) is 19.0. The molecule has 0 bridgehead atoms. The SMILES string of the molecule is CCn1cc(C(=O)N2CCC(Oc3nc4c(C)cccc4s3)CC2)c(=O)c2ccc(C)nc21. The Morgan fingerprint density at radius 1 is 1.15 bits per heavy atom. The third-order valence-electron chi connectivity index (χ3n) is 6.23. The summed E-state index contributed by atoms with van der Waals surface area (Å²) in [4.78, 5) is 37.2. The van der Waals surface area contributed by atoms with Gasteiger partial charge in [0.2, 0.25) is 5.43 Å². The quantitative estimate of drug-likeness (QED) is 0.451. The lowest BCUT2D eigenvalue weighted by molar-refractivity contribution is 0.0594. The summed E-state index contributed by atoms with van der Waals surface area (Å²) in [6.45, 7) is 7.64. The fraction of sp³-hybridized carbons (Fsp3) is 0.360. The fourth-order valence-corrected chi connectivity index (χ4v) is 5.32. The number of nitrogens with zero attached hydrogens (tertiary/aromatic N) is 4. The molecule has 4 aromatic rings. The number of fused-ring (bicyclic) bond motifs is 2. The molecule has 1 aliphatic rings. The lowest BCUT2D eigenvalue weighted by Crippen LogP contribution is -2.43. The molecule has 1 saturated heterocycles. The van der Waals surface area contributed by atoms with Crippen molar-refractivity contribution in [1.29, 1.82) is 0 Å². The normalized spacial score (nSPS) is 14.8. The van der Waals surface area contributed by atoms with Crippen LogP contribution in [0.3, 0.4) is 0 Å². The summed E-state index contributed by atoms with van der Waals surface area (Å²) in [7, 11) is 0. The van der Waals surface area contributed by atoms with Crippen molar-refractivity contribution in [3.05, 3.63) is 63.6 Å². The van der Waals surface area contributed by atoms with Crippen molar-refractivity contribution >= 4 is 38.5 Å². The molecule has 33 heavy (non-hydrogen) atoms. The average molecular weight is 463 g/mol. The van der Waals surface area contributed by atoms with E-state index in [9.17, 15) is 9.59 Å². The predicted octanol–water partition coefficient (Wildman–Crippen LogP) is 4.33. The number of benzene rings is 1. The number of likely N-dealkylation sites (tertiary alicyclic amines) is 1. The van der Waals surface area contributed by atoms with E-state index in [1.165, 1.54) is 0 Å². The molecule has 0 N–H and O–H groups in total. The third-order valence-corrected chi connectivity index (χ3v) is 7.14. The number of aryl methyl sites for hydroxylation is 3. The zero-order chi connectivity index (χ0) is 23.1. The zero-order valence-corrected chi connectivity index (χ0v) is 19.8. The molecule has 0 aliphatic carbocycles. The minimum atomic E-state index is -0.254. The maximum absolute atomic E-state index is 13.3. The molecular weight excluding hydrogens is 436 g/mol. The number of aromatic nitrogens is 3. The Labute approximate surface area is 195 Å². The van der Waals surface area contributed by atoms with E-state index in [0.717, 1.165) is 21.5 Å². The van der Waals surface area contributed by atoms with E-state index in [1.54, 1.807) is 28.5 Å². The van der Waals surface area contributed by atoms with Gasteiger partial charge in [-0.15, -0.1) is 0 Å². The van der Waals surface area contributed by atoms with Crippen LogP contribution in [0.15, 0.2) is 41.3 Å². The number of piperidine rings is 1. The first-order valence-corrected chi connectivity index (χ1v) is 12.1. The van der Waals surface area contributed by atoms with Crippen molar-refractivity contribution in [2.24, 2.45) is 0 Å². The Hall–Kier alpha value is -3.26. The fourth-order valence-electron chi connectivity index (χ4n) is 4.36. The van der Waals surface area contributed by atoms with Crippen molar-refractivity contribution in [2.75, 3.05) is 13.1 Å². The van der Waals surface area contributed by atoms with Crippen molar-refractivity contribution in [3.8, 4) is 5.19 Å². The number of hydrogen-bond acceptors (Lipinski definition) is 6. The van der Waals surface area contributed by atoms with Gasteiger partial charge in [-0.3, -0.25) is 9.59 Å². The van der Waals surface area contributed by atoms with E-state index < -0.39 is 0 Å². The highest BCUT2D eigenvalue weighted by Gasteiger charge is 2.27. The van der Waals surface area contributed by atoms with E-state index in [2.05, 4.69) is 16.0 Å². The van der Waals surface area contributed by atoms with Crippen LogP contribution in [0.4, 0.5) is 0 Å². The smallest absolute Gasteiger partial charge is 0.274 e. The highest BCUT2D eigenvalue weighted by molar-refractivity contribution is 7.20. The van der Waals surface area contributed by atoms with E-state index in [4.69, 9.17) is 4.74 Å². The van der Waals surface area contributed by atoms with Crippen molar-refractivity contribution < 1.29 is 9.53 Å². The van der Waals surface area contributed by atoms with Crippen LogP contribution >= 0.6 is 11.3 Å². The summed E-state index contributed by atoms with van der Waals surface area (Å²) in [5.41, 5.74) is 3.54. The largest absolute Gasteiger partial charge is 0.467 e. The first-order valence-electron chi connectivity index (χ1n) is 11.3. The Morgan fingerprint density at radius 2 is 1.94 bits per heavy atom. The lowest BCUT2D eigenvalue weighted by Gasteiger charge is -2.31. The van der Waals surface area contributed by atoms with Crippen LogP contribution in [-0.4, -0.2) is 44.5 Å². The van der Waals surface area contributed by atoms with Gasteiger partial charge in [0, 0.05) is 44.4 Å². The molecule has 4 heterocycles. The Morgan fingerprint density at radius 3 is 2.67 bits per heavy atom. The molecule has 0 unspecified atom stereocenters. The Balaban J connectivity index is 1.32. The van der Waals surface area contributed by atoms with Crippen LogP contribution in [0.25, 0.3) is 21.3 Å². The number of carbonyl (C=O) groups excluding carboxylic acids is 1. The molecule has 0 saturated carbocycles. The number of ether oxygens (including phenoxy) is 1. The monoisotopic (exact) mass is 462 g/mol. The average Bonchev–Trinajstić information content (AvgIpc) is 3.23. The first-order chi connectivity index (χ1) is 15.9. The molecule has 1 amide bonds. The molecule has 170 valence electrons. The molecule has 7 nitrogen and oxygen atoms in total. The standard InChI is InChI=1S/C25H26N4O3S/c1-4-28-14-19(22(30)18-9-8-16(3)26-23(18)28)24(31)29-12-10-17(11-13-29)32-25-27-21-15(2)6-5-7-20(21)33-25/h5-9,14,17H,4,10-13H2,1-3H3. The maximum Gasteiger partial charge on any atom is 0.274 e. The van der Waals surface area contributed by atoms with Gasteiger partial charge in [0.25, 0.3) is 11.1 Å². The second-order valence-electron chi connectivity index (χ2n) is 8.49. The summed E-state index contributed by atoms with van der Waals surface area (Å²) >= 11 is 1.55. The second-order valence-corrected chi connectivity index (χ2v) is 9.49. The Kier molecular flexibility index (Phi) is 5.62. The van der Waals surface area contributed by atoms with Crippen molar-refractivity contribution in [2.45, 2.75) is 46.3 Å². The number of thiazole rings is 1. The number of carbonyl (C=O) groups is 1. The third kappa shape index (κ3) is 3.99. The lowest BCUT2D eigenvalue weighted by atomic mass is 10.1. The maximum atomic E-state index is 13.3. The number of para-hydroxylation sites is 1. The van der Waals surface area contributed by atoms with Crippen LogP contribution in [0, 0.1) is 13.8 Å². The highest BCUT2D eigenvalue weighted by atomic mass is 32.1. The summed E-state index contributed by atoms with van der Waals surface area (Å²) in [5, 5.41) is 1.16. The van der Waals surface area contributed by atoms with Gasteiger partial charge in [0.15, 0.2) is 0 Å². The molecule has 3 aromatic heterocycles. The molecule has 0 spiro atoms. The van der Waals surface area contributed by atoms with Gasteiger partial charge in [-0.1, -0.05) is 23.5 Å². The van der Waals surface area contributed by atoms with Crippen LogP contribution < -0.4 is 10.2 Å². The number of rotatable bonds is 4. The molecule has 0 atom stereocenters. The summed E-state index contributed by atoms with van der Waals surface area (Å²) in [6, 6.07) is 9.71. The van der Waals surface area contributed by atoms with Gasteiger partial charge in [0.05, 0.1) is 15.6 Å². The molecule has 1 fully saturated rings. The van der Waals surface area contributed by atoms with Gasteiger partial charge < -0.3 is 14.2 Å². The molecule has 5 rings (SSSR count). The molecule has 0 radical (unpaired) electrons. The van der Waals surface area contributed by atoms with E-state index >= 15 is 0 Å². The number of pyridine rings is 2. The van der Waals surface area contributed by atoms with E-state index in [-0.39, 0.29) is 23.0 Å². The van der Waals surface area contributed by atoms with Crippen LogP contribution in [0.1, 0.15) is 41.4 Å². The van der Waals surface area contributed by atoms with Crippen LogP contribution in [0.2, 0.25) is 0 Å². The second kappa shape index (κ2) is 8.59. The molecule has 1 aliphatic heterocycles. The molecular formula is C25H26N4O3S. The van der Waals surface area contributed by atoms with Gasteiger partial charge in [0.1, 0.15) is 17.3 Å². The first kappa shape index (κ1) is 21.6. The van der Waals surface area contributed by atoms with Crippen LogP contribution in [-0.2, 0) is 6.54 Å². The minimum absolute atomic E-state index is 0.00555. The molecule has 8 heteroatoms. The van der Waals surface area contributed by atoms with Crippen LogP contribution in [0.5, 0.6) is 5.19 Å². The van der Waals surface area contributed by atoms with E-state index in [0.29, 0.717) is 48.7 Å². The van der Waals surface area contributed by atoms with Gasteiger partial charge in [-0.2, -0.15) is 0 Å². The topological polar surface area (TPSA) is 77.3 Å². The summed E-state index contributed by atoms with van der Waals surface area (Å²) in [5.74, 6) is -0.223. The molecule has 1 aromatic carbocycles. The predicted molar refractivity (Wildman–Crippen MR) is 130 cm³/mol. The van der Waals surface area contributed by atoms with Gasteiger partial charge in [-0.05, 0) is 44.5 Å². The van der Waals surface area contributed by atoms with Crippen molar-refractivity contribution in [3.63, 3.8) is 0 Å². The van der Waals surface area contributed by atoms with Gasteiger partial charge in [-0.25, -0.2) is 9.97 Å². The summed E-state index contributed by atoms with van der Waals surface area (Å²) in [6.07, 6.45) is 3.07. The minimum Gasteiger partial charge on any atom is -0.467 e. The van der Waals surface area contributed by atoms with Gasteiger partial charge >= 0.3 is 0 Å². The number of hydrogen-bond donors (Lipinski definition) is 0. The number of amides is 1. The van der Waals surface area contributed by atoms with E-state index in [1.807, 2.05) is 43.5 Å². The summed E-state index contributed by atoms with van der Waals surface area (Å²) < 4.78 is 9.15. The Bertz CT molecular complexity index is 1420. The van der Waals surface area contributed by atoms with Crippen molar-refractivity contribution in [1.82, 2.24) is 19.4 Å².